The molecule has 1 saturated heterocycles. The maximum atomic E-state index is 13.8. The van der Waals surface area contributed by atoms with Crippen molar-refractivity contribution in [1.82, 2.24) is 25.2 Å². The van der Waals surface area contributed by atoms with Crippen LogP contribution in [0.3, 0.4) is 0 Å². The number of nitrogens with zero attached hydrogens (tertiary/aromatic N) is 4. The number of likely N-dealkylation sites (tertiary alicyclic amines) is 1. The van der Waals surface area contributed by atoms with Crippen LogP contribution >= 0.6 is 0 Å². The highest BCUT2D eigenvalue weighted by atomic mass is 19.1. The molecule has 1 aliphatic rings. The third kappa shape index (κ3) is 3.87. The van der Waals surface area contributed by atoms with Crippen LogP contribution in [0.15, 0.2) is 24.3 Å². The molecule has 1 N–H and O–H groups in total. The predicted molar refractivity (Wildman–Crippen MR) is 92.6 cm³/mol. The van der Waals surface area contributed by atoms with Crippen LogP contribution in [0.1, 0.15) is 41.5 Å². The van der Waals surface area contributed by atoms with Crippen LogP contribution in [-0.4, -0.2) is 44.9 Å². The molecule has 2 heterocycles. The minimum atomic E-state index is -0.455. The molecule has 134 valence electrons. The molecular weight excluding hydrogens is 321 g/mol. The van der Waals surface area contributed by atoms with Crippen molar-refractivity contribution >= 4 is 5.91 Å². The summed E-state index contributed by atoms with van der Waals surface area (Å²) in [4.78, 5) is 14.2. The van der Waals surface area contributed by atoms with Gasteiger partial charge in [-0.3, -0.25) is 4.79 Å². The van der Waals surface area contributed by atoms with Crippen LogP contribution in [0.5, 0.6) is 0 Å². The number of hydrogen-bond acceptors (Lipinski definition) is 4. The van der Waals surface area contributed by atoms with E-state index < -0.39 is 5.82 Å². The fraction of sp³-hybridized carbons (Fsp3) is 0.500. The highest BCUT2D eigenvalue weighted by molar-refractivity contribution is 5.94. The SMILES string of the molecule is CCn1nnc(C)c1CNC1CCN(C(=O)c2ccccc2F)CC1. The molecule has 1 amide bonds. The molecule has 7 heteroatoms. The van der Waals surface area contributed by atoms with Gasteiger partial charge >= 0.3 is 0 Å². The number of hydrogen-bond donors (Lipinski definition) is 1. The summed E-state index contributed by atoms with van der Waals surface area (Å²) in [5.74, 6) is -0.677. The first-order valence-electron chi connectivity index (χ1n) is 8.76. The summed E-state index contributed by atoms with van der Waals surface area (Å²) in [6.07, 6.45) is 1.71. The first kappa shape index (κ1) is 17.5. The standard InChI is InChI=1S/C18H24FN5O/c1-3-24-17(13(2)21-22-24)12-20-14-8-10-23(11-9-14)18(25)15-6-4-5-7-16(15)19/h4-7,14,20H,3,8-12H2,1-2H3. The lowest BCUT2D eigenvalue weighted by Gasteiger charge is -2.32. The van der Waals surface area contributed by atoms with Gasteiger partial charge in [-0.2, -0.15) is 0 Å². The summed E-state index contributed by atoms with van der Waals surface area (Å²) >= 11 is 0. The van der Waals surface area contributed by atoms with Gasteiger partial charge < -0.3 is 10.2 Å². The molecular formula is C18H24FN5O. The molecule has 1 aromatic carbocycles. The highest BCUT2D eigenvalue weighted by Crippen LogP contribution is 2.16. The molecule has 0 saturated carbocycles. The van der Waals surface area contributed by atoms with Crippen LogP contribution in [0, 0.1) is 12.7 Å². The van der Waals surface area contributed by atoms with Gasteiger partial charge in [-0.1, -0.05) is 17.3 Å². The van der Waals surface area contributed by atoms with Crippen molar-refractivity contribution < 1.29 is 9.18 Å². The third-order valence-electron chi connectivity index (χ3n) is 4.78. The van der Waals surface area contributed by atoms with E-state index in [1.54, 1.807) is 23.1 Å². The number of carbonyl (C=O) groups is 1. The summed E-state index contributed by atoms with van der Waals surface area (Å²) in [6.45, 7) is 6.80. The lowest BCUT2D eigenvalue weighted by Crippen LogP contribution is -2.45. The summed E-state index contributed by atoms with van der Waals surface area (Å²) < 4.78 is 15.7. The van der Waals surface area contributed by atoms with Gasteiger partial charge in [0.2, 0.25) is 0 Å². The summed E-state index contributed by atoms with van der Waals surface area (Å²) in [5.41, 5.74) is 2.20. The van der Waals surface area contributed by atoms with Gasteiger partial charge in [0.05, 0.1) is 17.0 Å². The quantitative estimate of drug-likeness (QED) is 0.902. The van der Waals surface area contributed by atoms with Crippen molar-refractivity contribution in [2.24, 2.45) is 0 Å². The van der Waals surface area contributed by atoms with E-state index in [4.69, 9.17) is 0 Å². The largest absolute Gasteiger partial charge is 0.338 e. The van der Waals surface area contributed by atoms with Crippen LogP contribution in [0.25, 0.3) is 0 Å². The Bertz CT molecular complexity index is 737. The first-order chi connectivity index (χ1) is 12.1. The molecule has 0 bridgehead atoms. The Morgan fingerprint density at radius 2 is 2.04 bits per heavy atom. The molecule has 1 fully saturated rings. The third-order valence-corrected chi connectivity index (χ3v) is 4.78. The van der Waals surface area contributed by atoms with E-state index in [-0.39, 0.29) is 11.5 Å². The Morgan fingerprint density at radius 1 is 1.32 bits per heavy atom. The van der Waals surface area contributed by atoms with Crippen molar-refractivity contribution in [2.75, 3.05) is 13.1 Å². The van der Waals surface area contributed by atoms with Gasteiger partial charge in [-0.25, -0.2) is 9.07 Å². The Morgan fingerprint density at radius 3 is 2.72 bits per heavy atom. The summed E-state index contributed by atoms with van der Waals surface area (Å²) in [6, 6.07) is 6.50. The monoisotopic (exact) mass is 345 g/mol. The van der Waals surface area contributed by atoms with E-state index in [0.717, 1.165) is 37.3 Å². The zero-order valence-corrected chi connectivity index (χ0v) is 14.7. The lowest BCUT2D eigenvalue weighted by molar-refractivity contribution is 0.0700. The first-order valence-corrected chi connectivity index (χ1v) is 8.76. The Balaban J connectivity index is 1.53. The molecule has 0 spiro atoms. The number of carbonyl (C=O) groups excluding carboxylic acids is 1. The maximum absolute atomic E-state index is 13.8. The molecule has 0 aliphatic carbocycles. The summed E-state index contributed by atoms with van der Waals surface area (Å²) in [7, 11) is 0. The average molecular weight is 345 g/mol. The fourth-order valence-electron chi connectivity index (χ4n) is 3.23. The predicted octanol–water partition coefficient (Wildman–Crippen LogP) is 2.14. The molecule has 25 heavy (non-hydrogen) atoms. The minimum Gasteiger partial charge on any atom is -0.338 e. The molecule has 6 nitrogen and oxygen atoms in total. The Kier molecular flexibility index (Phi) is 5.43. The Hall–Kier alpha value is -2.28. The number of halogens is 1. The van der Waals surface area contributed by atoms with E-state index in [0.29, 0.717) is 19.1 Å². The number of benzene rings is 1. The normalized spacial score (nSPS) is 15.6. The van der Waals surface area contributed by atoms with E-state index in [1.165, 1.54) is 6.07 Å². The smallest absolute Gasteiger partial charge is 0.256 e. The second kappa shape index (κ2) is 7.74. The zero-order chi connectivity index (χ0) is 17.8. The lowest BCUT2D eigenvalue weighted by atomic mass is 10.0. The number of aromatic nitrogens is 3. The minimum absolute atomic E-state index is 0.155. The van der Waals surface area contributed by atoms with Gasteiger partial charge in [-0.15, -0.1) is 5.10 Å². The van der Waals surface area contributed by atoms with E-state index in [2.05, 4.69) is 15.6 Å². The second-order valence-electron chi connectivity index (χ2n) is 6.36. The molecule has 0 radical (unpaired) electrons. The molecule has 0 atom stereocenters. The van der Waals surface area contributed by atoms with Crippen molar-refractivity contribution in [3.05, 3.63) is 47.0 Å². The van der Waals surface area contributed by atoms with E-state index in [1.807, 2.05) is 18.5 Å². The van der Waals surface area contributed by atoms with E-state index in [9.17, 15) is 9.18 Å². The molecule has 3 rings (SSSR count). The maximum Gasteiger partial charge on any atom is 0.256 e. The van der Waals surface area contributed by atoms with Gasteiger partial charge in [0.15, 0.2) is 0 Å². The molecule has 0 unspecified atom stereocenters. The molecule has 1 aliphatic heterocycles. The highest BCUT2D eigenvalue weighted by Gasteiger charge is 2.25. The van der Waals surface area contributed by atoms with Gasteiger partial charge in [-0.05, 0) is 38.8 Å². The van der Waals surface area contributed by atoms with Crippen LogP contribution < -0.4 is 5.32 Å². The second-order valence-corrected chi connectivity index (χ2v) is 6.36. The van der Waals surface area contributed by atoms with Crippen LogP contribution in [-0.2, 0) is 13.1 Å². The number of piperidine rings is 1. The summed E-state index contributed by atoms with van der Waals surface area (Å²) in [5, 5.41) is 11.8. The number of rotatable bonds is 5. The molecule has 2 aromatic rings. The number of amides is 1. The van der Waals surface area contributed by atoms with Gasteiger partial charge in [0.1, 0.15) is 5.82 Å². The van der Waals surface area contributed by atoms with Crippen molar-refractivity contribution in [3.8, 4) is 0 Å². The van der Waals surface area contributed by atoms with Gasteiger partial charge in [0.25, 0.3) is 5.91 Å². The van der Waals surface area contributed by atoms with Crippen molar-refractivity contribution in [1.29, 1.82) is 0 Å². The van der Waals surface area contributed by atoms with Crippen molar-refractivity contribution in [2.45, 2.75) is 45.8 Å². The van der Waals surface area contributed by atoms with Crippen molar-refractivity contribution in [3.63, 3.8) is 0 Å². The topological polar surface area (TPSA) is 63.1 Å². The van der Waals surface area contributed by atoms with Crippen LogP contribution in [0.2, 0.25) is 0 Å². The number of aryl methyl sites for hydroxylation is 2. The molecule has 1 aromatic heterocycles. The zero-order valence-electron chi connectivity index (χ0n) is 14.7. The fourth-order valence-corrected chi connectivity index (χ4v) is 3.23. The van der Waals surface area contributed by atoms with Crippen LogP contribution in [0.4, 0.5) is 4.39 Å². The number of nitrogens with one attached hydrogen (secondary N) is 1. The van der Waals surface area contributed by atoms with E-state index >= 15 is 0 Å². The average Bonchev–Trinajstić information content (AvgIpc) is 3.00. The Labute approximate surface area is 147 Å². The van der Waals surface area contributed by atoms with Gasteiger partial charge in [0, 0.05) is 32.2 Å².